The van der Waals surface area contributed by atoms with Crippen molar-refractivity contribution in [3.8, 4) is 0 Å². The highest BCUT2D eigenvalue weighted by molar-refractivity contribution is 14.1. The molecule has 1 amide bonds. The lowest BCUT2D eigenvalue weighted by Gasteiger charge is -2.04. The largest absolute Gasteiger partial charge is 0.397 e. The molecule has 0 aliphatic rings. The van der Waals surface area contributed by atoms with Gasteiger partial charge in [0.1, 0.15) is 4.88 Å². The van der Waals surface area contributed by atoms with Crippen molar-refractivity contribution in [1.82, 2.24) is 0 Å². The molecule has 3 nitrogen and oxygen atoms in total. The van der Waals surface area contributed by atoms with Crippen LogP contribution < -0.4 is 11.1 Å². The van der Waals surface area contributed by atoms with Crippen LogP contribution in [-0.2, 0) is 0 Å². The first kappa shape index (κ1) is 14.3. The summed E-state index contributed by atoms with van der Waals surface area (Å²) in [5.74, 6) is -0.160. The lowest BCUT2D eigenvalue weighted by molar-refractivity contribution is 0.103. The highest BCUT2D eigenvalue weighted by Crippen LogP contribution is 2.34. The van der Waals surface area contributed by atoms with E-state index in [1.54, 1.807) is 0 Å². The Kier molecular flexibility index (Phi) is 3.86. The van der Waals surface area contributed by atoms with Crippen molar-refractivity contribution in [1.29, 1.82) is 0 Å². The van der Waals surface area contributed by atoms with Gasteiger partial charge in [-0.05, 0) is 65.9 Å². The maximum Gasteiger partial charge on any atom is 0.267 e. The third kappa shape index (κ3) is 2.89. The Hall–Kier alpha value is -1.60. The summed E-state index contributed by atoms with van der Waals surface area (Å²) in [6.45, 7) is 2.02. The van der Waals surface area contributed by atoms with Crippen LogP contribution in [0.2, 0.25) is 0 Å². The third-order valence-corrected chi connectivity index (χ3v) is 5.09. The van der Waals surface area contributed by atoms with Gasteiger partial charge >= 0.3 is 0 Å². The number of halogens is 1. The average molecular weight is 408 g/mol. The van der Waals surface area contributed by atoms with Crippen molar-refractivity contribution in [3.05, 3.63) is 56.5 Å². The summed E-state index contributed by atoms with van der Waals surface area (Å²) >= 11 is 3.65. The Morgan fingerprint density at radius 3 is 2.62 bits per heavy atom. The van der Waals surface area contributed by atoms with Gasteiger partial charge in [-0.2, -0.15) is 0 Å². The maximum absolute atomic E-state index is 12.4. The van der Waals surface area contributed by atoms with Crippen LogP contribution in [-0.4, -0.2) is 5.91 Å². The molecule has 0 fully saturated rings. The van der Waals surface area contributed by atoms with Crippen molar-refractivity contribution in [2.24, 2.45) is 0 Å². The molecule has 1 heterocycles. The Balaban J connectivity index is 1.94. The SMILES string of the molecule is Cc1ccc2sc(C(=O)Nc3ccc(I)cc3)c(N)c2c1. The number of hydrogen-bond donors (Lipinski definition) is 2. The maximum atomic E-state index is 12.4. The Labute approximate surface area is 140 Å². The van der Waals surface area contributed by atoms with Crippen molar-refractivity contribution < 1.29 is 4.79 Å². The number of rotatable bonds is 2. The predicted molar refractivity (Wildman–Crippen MR) is 98.1 cm³/mol. The van der Waals surface area contributed by atoms with E-state index in [0.717, 1.165) is 24.9 Å². The first-order valence-electron chi connectivity index (χ1n) is 6.40. The van der Waals surface area contributed by atoms with Crippen LogP contribution in [0.1, 0.15) is 15.2 Å². The highest BCUT2D eigenvalue weighted by atomic mass is 127. The van der Waals surface area contributed by atoms with E-state index in [1.807, 2.05) is 49.4 Å². The van der Waals surface area contributed by atoms with Gasteiger partial charge in [-0.3, -0.25) is 4.79 Å². The molecule has 0 aliphatic heterocycles. The molecule has 0 unspecified atom stereocenters. The number of aryl methyl sites for hydroxylation is 1. The zero-order valence-corrected chi connectivity index (χ0v) is 14.3. The normalized spacial score (nSPS) is 10.8. The zero-order valence-electron chi connectivity index (χ0n) is 11.3. The minimum Gasteiger partial charge on any atom is -0.397 e. The number of carbonyl (C=O) groups excluding carboxylic acids is 1. The number of nitrogens with two attached hydrogens (primary N) is 1. The van der Waals surface area contributed by atoms with Crippen molar-refractivity contribution in [3.63, 3.8) is 0 Å². The Morgan fingerprint density at radius 1 is 1.19 bits per heavy atom. The molecule has 0 saturated heterocycles. The molecule has 0 spiro atoms. The first-order valence-corrected chi connectivity index (χ1v) is 8.29. The molecule has 0 saturated carbocycles. The van der Waals surface area contributed by atoms with Crippen LogP contribution in [0.15, 0.2) is 42.5 Å². The van der Waals surface area contributed by atoms with Crippen molar-refractivity contribution in [2.75, 3.05) is 11.1 Å². The standard InChI is InChI=1S/C16H13IN2OS/c1-9-2-7-13-12(8-9)14(18)15(21-13)16(20)19-11-5-3-10(17)4-6-11/h2-8H,18H2,1H3,(H,19,20). The number of carbonyl (C=O) groups is 1. The van der Waals surface area contributed by atoms with Crippen LogP contribution in [0, 0.1) is 10.5 Å². The van der Waals surface area contributed by atoms with Crippen molar-refractivity contribution >= 4 is 61.3 Å². The summed E-state index contributed by atoms with van der Waals surface area (Å²) in [7, 11) is 0. The topological polar surface area (TPSA) is 55.1 Å². The van der Waals surface area contributed by atoms with Crippen LogP contribution in [0.4, 0.5) is 11.4 Å². The second kappa shape index (κ2) is 5.65. The van der Waals surface area contributed by atoms with E-state index < -0.39 is 0 Å². The number of nitrogen functional groups attached to an aromatic ring is 1. The second-order valence-electron chi connectivity index (χ2n) is 4.81. The van der Waals surface area contributed by atoms with Gasteiger partial charge in [0.05, 0.1) is 5.69 Å². The van der Waals surface area contributed by atoms with Crippen LogP contribution >= 0.6 is 33.9 Å². The predicted octanol–water partition coefficient (Wildman–Crippen LogP) is 4.65. The summed E-state index contributed by atoms with van der Waals surface area (Å²) in [6, 6.07) is 13.7. The lowest BCUT2D eigenvalue weighted by Crippen LogP contribution is -2.11. The minimum atomic E-state index is -0.160. The molecule has 1 aromatic heterocycles. The van der Waals surface area contributed by atoms with E-state index in [9.17, 15) is 4.79 Å². The molecule has 0 atom stereocenters. The summed E-state index contributed by atoms with van der Waals surface area (Å²) in [5, 5.41) is 3.84. The van der Waals surface area contributed by atoms with E-state index in [0.29, 0.717) is 10.6 Å². The van der Waals surface area contributed by atoms with Crippen molar-refractivity contribution in [2.45, 2.75) is 6.92 Å². The van der Waals surface area contributed by atoms with Gasteiger partial charge < -0.3 is 11.1 Å². The number of anilines is 2. The van der Waals surface area contributed by atoms with Gasteiger partial charge in [-0.15, -0.1) is 11.3 Å². The highest BCUT2D eigenvalue weighted by Gasteiger charge is 2.16. The fourth-order valence-corrected chi connectivity index (χ4v) is 3.48. The molecule has 0 aliphatic carbocycles. The van der Waals surface area contributed by atoms with E-state index in [1.165, 1.54) is 11.3 Å². The number of thiophene rings is 1. The fourth-order valence-electron chi connectivity index (χ4n) is 2.12. The number of nitrogens with one attached hydrogen (secondary N) is 1. The molecule has 5 heteroatoms. The third-order valence-electron chi connectivity index (χ3n) is 3.19. The van der Waals surface area contributed by atoms with Crippen LogP contribution in [0.3, 0.4) is 0 Å². The monoisotopic (exact) mass is 408 g/mol. The number of hydrogen-bond acceptors (Lipinski definition) is 3. The first-order chi connectivity index (χ1) is 10.0. The molecule has 3 N–H and O–H groups in total. The van der Waals surface area contributed by atoms with Crippen LogP contribution in [0.5, 0.6) is 0 Å². The van der Waals surface area contributed by atoms with Crippen LogP contribution in [0.25, 0.3) is 10.1 Å². The summed E-state index contributed by atoms with van der Waals surface area (Å²) in [5.41, 5.74) is 8.60. The molecule has 2 aromatic carbocycles. The molecule has 0 radical (unpaired) electrons. The Bertz CT molecular complexity index is 824. The molecule has 21 heavy (non-hydrogen) atoms. The van der Waals surface area contributed by atoms with Gasteiger partial charge in [0.25, 0.3) is 5.91 Å². The number of fused-ring (bicyclic) bond motifs is 1. The summed E-state index contributed by atoms with van der Waals surface area (Å²) < 4.78 is 2.16. The number of benzene rings is 2. The summed E-state index contributed by atoms with van der Waals surface area (Å²) in [6.07, 6.45) is 0. The quantitative estimate of drug-likeness (QED) is 0.607. The smallest absolute Gasteiger partial charge is 0.267 e. The zero-order chi connectivity index (χ0) is 15.0. The average Bonchev–Trinajstić information content (AvgIpc) is 2.79. The van der Waals surface area contributed by atoms with E-state index in [4.69, 9.17) is 5.73 Å². The van der Waals surface area contributed by atoms with Gasteiger partial charge in [0.2, 0.25) is 0 Å². The molecule has 3 aromatic rings. The second-order valence-corrected chi connectivity index (χ2v) is 7.10. The Morgan fingerprint density at radius 2 is 1.90 bits per heavy atom. The minimum absolute atomic E-state index is 0.160. The van der Waals surface area contributed by atoms with E-state index >= 15 is 0 Å². The number of amides is 1. The fraction of sp³-hybridized carbons (Fsp3) is 0.0625. The molecular formula is C16H13IN2OS. The lowest BCUT2D eigenvalue weighted by atomic mass is 10.1. The van der Waals surface area contributed by atoms with E-state index in [-0.39, 0.29) is 5.91 Å². The van der Waals surface area contributed by atoms with Gasteiger partial charge in [-0.25, -0.2) is 0 Å². The molecular weight excluding hydrogens is 395 g/mol. The van der Waals surface area contributed by atoms with E-state index in [2.05, 4.69) is 27.9 Å². The van der Waals surface area contributed by atoms with Gasteiger partial charge in [0, 0.05) is 19.3 Å². The van der Waals surface area contributed by atoms with Gasteiger partial charge in [-0.1, -0.05) is 11.6 Å². The summed E-state index contributed by atoms with van der Waals surface area (Å²) in [4.78, 5) is 13.0. The molecule has 106 valence electrons. The molecule has 3 rings (SSSR count). The molecule has 0 bridgehead atoms. The van der Waals surface area contributed by atoms with Gasteiger partial charge in [0.15, 0.2) is 0 Å².